The fourth-order valence-corrected chi connectivity index (χ4v) is 1.29. The molecular formula is C12H27N. The Kier molecular flexibility index (Phi) is 8.53. The van der Waals surface area contributed by atoms with Gasteiger partial charge in [-0.1, -0.05) is 40.5 Å². The number of rotatable bonds is 2. The predicted octanol–water partition coefficient (Wildman–Crippen LogP) is 3.45. The zero-order valence-corrected chi connectivity index (χ0v) is 9.90. The highest BCUT2D eigenvalue weighted by Gasteiger charge is 2.08. The van der Waals surface area contributed by atoms with E-state index in [2.05, 4.69) is 33.0 Å². The van der Waals surface area contributed by atoms with Crippen LogP contribution in [0, 0.1) is 11.8 Å². The van der Waals surface area contributed by atoms with Crippen molar-refractivity contribution in [3.05, 3.63) is 0 Å². The maximum absolute atomic E-state index is 3.35. The molecule has 1 heterocycles. The van der Waals surface area contributed by atoms with Gasteiger partial charge in [0.25, 0.3) is 0 Å². The van der Waals surface area contributed by atoms with Crippen LogP contribution in [0.2, 0.25) is 0 Å². The van der Waals surface area contributed by atoms with Gasteiger partial charge in [-0.3, -0.25) is 0 Å². The van der Waals surface area contributed by atoms with Crippen molar-refractivity contribution in [2.24, 2.45) is 11.8 Å². The van der Waals surface area contributed by atoms with E-state index in [-0.39, 0.29) is 0 Å². The fourth-order valence-electron chi connectivity index (χ4n) is 1.29. The summed E-state index contributed by atoms with van der Waals surface area (Å²) in [5, 5.41) is 3.35. The molecule has 1 N–H and O–H groups in total. The van der Waals surface area contributed by atoms with Crippen LogP contribution in [0.4, 0.5) is 0 Å². The van der Waals surface area contributed by atoms with Gasteiger partial charge in [-0.25, -0.2) is 0 Å². The zero-order valence-electron chi connectivity index (χ0n) is 9.90. The molecule has 1 saturated heterocycles. The molecule has 0 aromatic rings. The molecule has 1 fully saturated rings. The van der Waals surface area contributed by atoms with E-state index in [1.54, 1.807) is 0 Å². The minimum absolute atomic E-state index is 0.884. The highest BCUT2D eigenvalue weighted by atomic mass is 14.9. The molecule has 0 bridgehead atoms. The lowest BCUT2D eigenvalue weighted by molar-refractivity contribution is 0.365. The molecule has 0 aromatic carbocycles. The van der Waals surface area contributed by atoms with Gasteiger partial charge in [0.1, 0.15) is 0 Å². The van der Waals surface area contributed by atoms with E-state index in [1.807, 2.05) is 0 Å². The third kappa shape index (κ3) is 8.29. The zero-order chi connectivity index (χ0) is 10.1. The third-order valence-corrected chi connectivity index (χ3v) is 2.85. The maximum Gasteiger partial charge on any atom is -0.00463 e. The quantitative estimate of drug-likeness (QED) is 0.695. The lowest BCUT2D eigenvalue weighted by atomic mass is 9.96. The molecule has 1 nitrogen and oxygen atoms in total. The van der Waals surface area contributed by atoms with Crippen LogP contribution in [0.1, 0.15) is 53.4 Å². The lowest BCUT2D eigenvalue weighted by Crippen LogP contribution is -2.27. The second-order valence-corrected chi connectivity index (χ2v) is 4.40. The van der Waals surface area contributed by atoms with Gasteiger partial charge < -0.3 is 5.32 Å². The Morgan fingerprint density at radius 3 is 1.85 bits per heavy atom. The second-order valence-electron chi connectivity index (χ2n) is 4.40. The highest BCUT2D eigenvalue weighted by molar-refractivity contribution is 4.66. The molecule has 13 heavy (non-hydrogen) atoms. The van der Waals surface area contributed by atoms with Gasteiger partial charge in [-0.15, -0.1) is 0 Å². The van der Waals surface area contributed by atoms with Crippen molar-refractivity contribution in [2.45, 2.75) is 53.4 Å². The van der Waals surface area contributed by atoms with Crippen LogP contribution in [-0.2, 0) is 0 Å². The first-order valence-corrected chi connectivity index (χ1v) is 5.91. The van der Waals surface area contributed by atoms with Crippen molar-refractivity contribution in [1.29, 1.82) is 0 Å². The number of hydrogen-bond donors (Lipinski definition) is 1. The standard InChI is InChI=1S/C7H15N.C5H12/c1-2-7-3-5-8-6-4-7;1-4-5(2)3/h7-8H,2-6H2,1H3;5H,4H2,1-3H3. The van der Waals surface area contributed by atoms with Gasteiger partial charge in [0.05, 0.1) is 0 Å². The molecule has 0 aliphatic carbocycles. The van der Waals surface area contributed by atoms with Crippen LogP contribution in [0.5, 0.6) is 0 Å². The molecule has 0 amide bonds. The van der Waals surface area contributed by atoms with E-state index in [4.69, 9.17) is 0 Å². The minimum atomic E-state index is 0.884. The molecule has 1 aliphatic rings. The minimum Gasteiger partial charge on any atom is -0.317 e. The van der Waals surface area contributed by atoms with E-state index in [1.165, 1.54) is 38.8 Å². The van der Waals surface area contributed by atoms with Gasteiger partial charge in [0, 0.05) is 0 Å². The normalized spacial score (nSPS) is 18.2. The molecule has 80 valence electrons. The van der Waals surface area contributed by atoms with Crippen LogP contribution >= 0.6 is 0 Å². The van der Waals surface area contributed by atoms with Crippen LogP contribution < -0.4 is 5.32 Å². The second kappa shape index (κ2) is 8.55. The Hall–Kier alpha value is -0.0400. The van der Waals surface area contributed by atoms with E-state index in [0.717, 1.165) is 11.8 Å². The monoisotopic (exact) mass is 185 g/mol. The van der Waals surface area contributed by atoms with Gasteiger partial charge in [0.15, 0.2) is 0 Å². The van der Waals surface area contributed by atoms with Crippen molar-refractivity contribution < 1.29 is 0 Å². The Labute approximate surface area is 84.3 Å². The molecular weight excluding hydrogens is 158 g/mol. The molecule has 0 unspecified atom stereocenters. The molecule has 0 radical (unpaired) electrons. The van der Waals surface area contributed by atoms with Crippen molar-refractivity contribution in [2.75, 3.05) is 13.1 Å². The summed E-state index contributed by atoms with van der Waals surface area (Å²) in [5.41, 5.74) is 0. The van der Waals surface area contributed by atoms with Crippen LogP contribution in [-0.4, -0.2) is 13.1 Å². The largest absolute Gasteiger partial charge is 0.317 e. The predicted molar refractivity (Wildman–Crippen MR) is 61.0 cm³/mol. The van der Waals surface area contributed by atoms with E-state index in [0.29, 0.717) is 0 Å². The summed E-state index contributed by atoms with van der Waals surface area (Å²) in [4.78, 5) is 0. The number of nitrogens with one attached hydrogen (secondary N) is 1. The van der Waals surface area contributed by atoms with Crippen LogP contribution in [0.3, 0.4) is 0 Å². The van der Waals surface area contributed by atoms with Gasteiger partial charge in [-0.2, -0.15) is 0 Å². The third-order valence-electron chi connectivity index (χ3n) is 2.85. The summed E-state index contributed by atoms with van der Waals surface area (Å²) in [5.74, 6) is 1.91. The first-order chi connectivity index (χ1) is 6.20. The molecule has 1 aliphatic heterocycles. The van der Waals surface area contributed by atoms with E-state index >= 15 is 0 Å². The topological polar surface area (TPSA) is 12.0 Å². The molecule has 0 saturated carbocycles. The Bertz CT molecular complexity index is 93.3. The smallest absolute Gasteiger partial charge is 0.00463 e. The van der Waals surface area contributed by atoms with Crippen LogP contribution in [0.25, 0.3) is 0 Å². The van der Waals surface area contributed by atoms with Crippen LogP contribution in [0.15, 0.2) is 0 Å². The van der Waals surface area contributed by atoms with Crippen molar-refractivity contribution >= 4 is 0 Å². The first kappa shape index (κ1) is 13.0. The summed E-state index contributed by atoms with van der Waals surface area (Å²) in [6, 6.07) is 0. The number of piperidine rings is 1. The van der Waals surface area contributed by atoms with Crippen molar-refractivity contribution in [3.63, 3.8) is 0 Å². The van der Waals surface area contributed by atoms with E-state index in [9.17, 15) is 0 Å². The lowest BCUT2D eigenvalue weighted by Gasteiger charge is -2.20. The molecule has 0 spiro atoms. The molecule has 0 aromatic heterocycles. The summed E-state index contributed by atoms with van der Waals surface area (Å²) >= 11 is 0. The summed E-state index contributed by atoms with van der Waals surface area (Å²) in [6.45, 7) is 11.4. The number of hydrogen-bond acceptors (Lipinski definition) is 1. The first-order valence-electron chi connectivity index (χ1n) is 5.91. The summed E-state index contributed by atoms with van der Waals surface area (Å²) < 4.78 is 0. The SMILES string of the molecule is CCC(C)C.CCC1CCNCC1. The van der Waals surface area contributed by atoms with Gasteiger partial charge in [0.2, 0.25) is 0 Å². The Morgan fingerprint density at radius 1 is 1.15 bits per heavy atom. The molecule has 0 atom stereocenters. The Balaban J connectivity index is 0.000000252. The summed E-state index contributed by atoms with van der Waals surface area (Å²) in [7, 11) is 0. The molecule has 1 heteroatoms. The average molecular weight is 185 g/mol. The fraction of sp³-hybridized carbons (Fsp3) is 1.00. The summed E-state index contributed by atoms with van der Waals surface area (Å²) in [6.07, 6.45) is 5.48. The van der Waals surface area contributed by atoms with Crippen molar-refractivity contribution in [1.82, 2.24) is 5.32 Å². The van der Waals surface area contributed by atoms with Gasteiger partial charge in [-0.05, 0) is 37.8 Å². The van der Waals surface area contributed by atoms with Gasteiger partial charge >= 0.3 is 0 Å². The van der Waals surface area contributed by atoms with Crippen molar-refractivity contribution in [3.8, 4) is 0 Å². The average Bonchev–Trinajstić information content (AvgIpc) is 2.20. The highest BCUT2D eigenvalue weighted by Crippen LogP contribution is 2.13. The Morgan fingerprint density at radius 2 is 1.62 bits per heavy atom. The van der Waals surface area contributed by atoms with E-state index < -0.39 is 0 Å². The maximum atomic E-state index is 3.35. The molecule has 1 rings (SSSR count).